The molecule has 0 aliphatic carbocycles. The fourth-order valence-electron chi connectivity index (χ4n) is 1.96. The summed E-state index contributed by atoms with van der Waals surface area (Å²) in [5.74, 6) is 0.0806. The molecule has 21 heavy (non-hydrogen) atoms. The Morgan fingerprint density at radius 3 is 2.52 bits per heavy atom. The molecule has 2 rings (SSSR count). The van der Waals surface area contributed by atoms with Crippen LogP contribution in [-0.4, -0.2) is 19.9 Å². The van der Waals surface area contributed by atoms with E-state index in [1.165, 1.54) is 6.33 Å². The summed E-state index contributed by atoms with van der Waals surface area (Å²) in [6.45, 7) is 6.25. The van der Waals surface area contributed by atoms with Gasteiger partial charge in [-0.2, -0.15) is 5.10 Å². The molecule has 0 amide bonds. The highest BCUT2D eigenvalue weighted by atomic mass is 35.5. The molecule has 1 aromatic heterocycles. The molecule has 1 heterocycles. The Bertz CT molecular complexity index is 658. The largest absolute Gasteiger partial charge is 0.505 e. The maximum Gasteiger partial charge on any atom is 0.145 e. The minimum absolute atomic E-state index is 0.0336. The highest BCUT2D eigenvalue weighted by Crippen LogP contribution is 2.34. The van der Waals surface area contributed by atoms with Gasteiger partial charge in [0.15, 0.2) is 0 Å². The second-order valence-electron chi connectivity index (χ2n) is 6.00. The Morgan fingerprint density at radius 2 is 2.00 bits per heavy atom. The van der Waals surface area contributed by atoms with Crippen LogP contribution in [0.15, 0.2) is 30.9 Å². The van der Waals surface area contributed by atoms with Crippen molar-refractivity contribution in [2.45, 2.75) is 27.2 Å². The third kappa shape index (κ3) is 3.99. The molecule has 0 bridgehead atoms. The molecule has 2 aromatic rings. The van der Waals surface area contributed by atoms with Crippen molar-refractivity contribution < 1.29 is 5.11 Å². The van der Waals surface area contributed by atoms with Crippen LogP contribution in [0.5, 0.6) is 0 Å². The number of benzene rings is 1. The van der Waals surface area contributed by atoms with Gasteiger partial charge in [-0.15, -0.1) is 0 Å². The molecule has 0 saturated carbocycles. The van der Waals surface area contributed by atoms with E-state index in [1.54, 1.807) is 29.2 Å². The molecule has 0 spiro atoms. The molecule has 0 unspecified atom stereocenters. The van der Waals surface area contributed by atoms with E-state index >= 15 is 0 Å². The van der Waals surface area contributed by atoms with Gasteiger partial charge in [0.1, 0.15) is 18.4 Å². The zero-order valence-electron chi connectivity index (χ0n) is 12.1. The second kappa shape index (κ2) is 6.08. The first kappa shape index (κ1) is 15.9. The number of hydrogen-bond donors (Lipinski definition) is 1. The minimum atomic E-state index is -0.0336. The van der Waals surface area contributed by atoms with Crippen LogP contribution >= 0.6 is 23.2 Å². The molecule has 0 aliphatic rings. The molecule has 6 heteroatoms. The third-order valence-electron chi connectivity index (χ3n) is 2.85. The molecule has 4 nitrogen and oxygen atoms in total. The zero-order chi connectivity index (χ0) is 15.6. The standard InChI is InChI=1S/C15H17Cl2N3O/c1-15(2,3)7-13(20-9-18-8-19-20)14(21)11-5-4-10(16)6-12(11)17/h4-6,8-9,21H,7H2,1-3H3/b14-13+. The SMILES string of the molecule is CC(C)(C)C/C(=C(\O)c1ccc(Cl)cc1Cl)n1cncn1. The van der Waals surface area contributed by atoms with Gasteiger partial charge < -0.3 is 5.11 Å². The molecule has 1 aromatic carbocycles. The van der Waals surface area contributed by atoms with Crippen LogP contribution in [0, 0.1) is 5.41 Å². The minimum Gasteiger partial charge on any atom is -0.505 e. The lowest BCUT2D eigenvalue weighted by molar-refractivity contribution is 0.412. The van der Waals surface area contributed by atoms with Crippen molar-refractivity contribution in [1.29, 1.82) is 0 Å². The third-order valence-corrected chi connectivity index (χ3v) is 3.40. The van der Waals surface area contributed by atoms with Crippen LogP contribution in [0.3, 0.4) is 0 Å². The van der Waals surface area contributed by atoms with E-state index in [4.69, 9.17) is 23.2 Å². The first-order valence-electron chi connectivity index (χ1n) is 6.50. The van der Waals surface area contributed by atoms with Crippen LogP contribution in [0.1, 0.15) is 32.8 Å². The molecule has 0 fully saturated rings. The van der Waals surface area contributed by atoms with Crippen LogP contribution < -0.4 is 0 Å². The number of aromatic nitrogens is 3. The van der Waals surface area contributed by atoms with Gasteiger partial charge in [0, 0.05) is 10.6 Å². The van der Waals surface area contributed by atoms with Crippen molar-refractivity contribution in [1.82, 2.24) is 14.8 Å². The van der Waals surface area contributed by atoms with Gasteiger partial charge in [-0.3, -0.25) is 0 Å². The first-order chi connectivity index (χ1) is 9.78. The van der Waals surface area contributed by atoms with Gasteiger partial charge in [0.2, 0.25) is 0 Å². The van der Waals surface area contributed by atoms with Crippen LogP contribution in [0.2, 0.25) is 10.0 Å². The van der Waals surface area contributed by atoms with Gasteiger partial charge in [-0.25, -0.2) is 9.67 Å². The Labute approximate surface area is 134 Å². The van der Waals surface area contributed by atoms with Crippen molar-refractivity contribution >= 4 is 34.7 Å². The molecular weight excluding hydrogens is 309 g/mol. The van der Waals surface area contributed by atoms with Crippen molar-refractivity contribution in [2.24, 2.45) is 5.41 Å². The first-order valence-corrected chi connectivity index (χ1v) is 7.26. The predicted molar refractivity (Wildman–Crippen MR) is 86.3 cm³/mol. The summed E-state index contributed by atoms with van der Waals surface area (Å²) in [4.78, 5) is 3.94. The van der Waals surface area contributed by atoms with Gasteiger partial charge in [-0.05, 0) is 30.0 Å². The highest BCUT2D eigenvalue weighted by Gasteiger charge is 2.20. The van der Waals surface area contributed by atoms with Crippen LogP contribution in [0.25, 0.3) is 11.5 Å². The second-order valence-corrected chi connectivity index (χ2v) is 6.84. The van der Waals surface area contributed by atoms with Crippen molar-refractivity contribution in [3.63, 3.8) is 0 Å². The van der Waals surface area contributed by atoms with Crippen LogP contribution in [-0.2, 0) is 0 Å². The highest BCUT2D eigenvalue weighted by molar-refractivity contribution is 6.35. The van der Waals surface area contributed by atoms with E-state index in [-0.39, 0.29) is 11.2 Å². The van der Waals surface area contributed by atoms with E-state index in [9.17, 15) is 5.11 Å². The summed E-state index contributed by atoms with van der Waals surface area (Å²) in [6, 6.07) is 4.99. The molecule has 0 radical (unpaired) electrons. The molecule has 1 N–H and O–H groups in total. The van der Waals surface area contributed by atoms with E-state index in [0.29, 0.717) is 27.7 Å². The number of halogens is 2. The maximum atomic E-state index is 10.7. The Balaban J connectivity index is 2.56. The van der Waals surface area contributed by atoms with E-state index < -0.39 is 0 Å². The predicted octanol–water partition coefficient (Wildman–Crippen LogP) is 4.90. The number of rotatable bonds is 3. The molecule has 0 aliphatic heterocycles. The zero-order valence-corrected chi connectivity index (χ0v) is 13.7. The quantitative estimate of drug-likeness (QED) is 0.816. The summed E-state index contributed by atoms with van der Waals surface area (Å²) in [6.07, 6.45) is 3.60. The maximum absolute atomic E-state index is 10.7. The monoisotopic (exact) mass is 325 g/mol. The molecular formula is C15H17Cl2N3O. The van der Waals surface area contributed by atoms with E-state index in [0.717, 1.165) is 0 Å². The average molecular weight is 326 g/mol. The Morgan fingerprint density at radius 1 is 1.29 bits per heavy atom. The lowest BCUT2D eigenvalue weighted by Gasteiger charge is -2.21. The number of nitrogens with zero attached hydrogens (tertiary/aromatic N) is 3. The summed E-state index contributed by atoms with van der Waals surface area (Å²) < 4.78 is 1.56. The lowest BCUT2D eigenvalue weighted by atomic mass is 9.89. The van der Waals surface area contributed by atoms with Gasteiger partial charge in [-0.1, -0.05) is 44.0 Å². The van der Waals surface area contributed by atoms with Gasteiger partial charge in [0.05, 0.1) is 10.7 Å². The topological polar surface area (TPSA) is 50.9 Å². The lowest BCUT2D eigenvalue weighted by Crippen LogP contribution is -2.12. The molecule has 0 saturated heterocycles. The molecule has 112 valence electrons. The fraction of sp³-hybridized carbons (Fsp3) is 0.333. The number of allylic oxidation sites excluding steroid dienone is 1. The number of aliphatic hydroxyl groups is 1. The fourth-order valence-corrected chi connectivity index (χ4v) is 2.46. The average Bonchev–Trinajstić information content (AvgIpc) is 2.87. The number of aliphatic hydroxyl groups excluding tert-OH is 1. The van der Waals surface area contributed by atoms with Crippen molar-refractivity contribution in [3.8, 4) is 0 Å². The summed E-state index contributed by atoms with van der Waals surface area (Å²) in [5, 5.41) is 15.7. The van der Waals surface area contributed by atoms with E-state index in [1.807, 2.05) is 0 Å². The molecule has 0 atom stereocenters. The van der Waals surface area contributed by atoms with Gasteiger partial charge in [0.25, 0.3) is 0 Å². The summed E-state index contributed by atoms with van der Waals surface area (Å²) >= 11 is 12.1. The summed E-state index contributed by atoms with van der Waals surface area (Å²) in [7, 11) is 0. The smallest absolute Gasteiger partial charge is 0.145 e. The Kier molecular flexibility index (Phi) is 4.59. The summed E-state index contributed by atoms with van der Waals surface area (Å²) in [5.41, 5.74) is 1.13. The van der Waals surface area contributed by atoms with Crippen molar-refractivity contribution in [2.75, 3.05) is 0 Å². The Hall–Kier alpha value is -1.52. The van der Waals surface area contributed by atoms with Gasteiger partial charge >= 0.3 is 0 Å². The normalized spacial score (nSPS) is 13.2. The van der Waals surface area contributed by atoms with E-state index in [2.05, 4.69) is 30.9 Å². The van der Waals surface area contributed by atoms with Crippen molar-refractivity contribution in [3.05, 3.63) is 46.5 Å². The number of hydrogen-bond acceptors (Lipinski definition) is 3. The van der Waals surface area contributed by atoms with Crippen LogP contribution in [0.4, 0.5) is 0 Å².